The van der Waals surface area contributed by atoms with Gasteiger partial charge in [-0.2, -0.15) is 5.10 Å². The lowest BCUT2D eigenvalue weighted by molar-refractivity contribution is 0.598. The number of sulfone groups is 1. The molecule has 18 heavy (non-hydrogen) atoms. The molecule has 2 heterocycles. The third-order valence-corrected chi connectivity index (χ3v) is 3.57. The molecule has 0 aliphatic heterocycles. The summed E-state index contributed by atoms with van der Waals surface area (Å²) in [6, 6.07) is -0.224. The monoisotopic (exact) mass is 269 g/mol. The van der Waals surface area contributed by atoms with Gasteiger partial charge in [0.2, 0.25) is 0 Å². The van der Waals surface area contributed by atoms with E-state index in [1.807, 2.05) is 0 Å². The molecule has 0 fully saturated rings. The Morgan fingerprint density at radius 2 is 2.17 bits per heavy atom. The molecule has 0 aliphatic carbocycles. The summed E-state index contributed by atoms with van der Waals surface area (Å²) in [5.41, 5.74) is 0.707. The van der Waals surface area contributed by atoms with Crippen LogP contribution in [0.25, 0.3) is 11.0 Å². The maximum absolute atomic E-state index is 11.2. The molecule has 2 aromatic heterocycles. The van der Waals surface area contributed by atoms with Gasteiger partial charge in [-0.15, -0.1) is 0 Å². The summed E-state index contributed by atoms with van der Waals surface area (Å²) in [5.74, 6) is 0.655. The number of hydrogen-bond donors (Lipinski definition) is 1. The van der Waals surface area contributed by atoms with Gasteiger partial charge in [-0.05, 0) is 6.92 Å². The Hall–Kier alpha value is -1.70. The number of nitrogens with one attached hydrogen (secondary N) is 1. The lowest BCUT2D eigenvalue weighted by Crippen LogP contribution is -2.25. The largest absolute Gasteiger partial charge is 0.366 e. The molecular weight excluding hydrogens is 254 g/mol. The molecule has 2 rings (SSSR count). The normalized spacial score (nSPS) is 13.7. The average Bonchev–Trinajstić information content (AvgIpc) is 2.59. The predicted octanol–water partition coefficient (Wildman–Crippen LogP) is 0.208. The minimum Gasteiger partial charge on any atom is -0.366 e. The Balaban J connectivity index is 2.27. The van der Waals surface area contributed by atoms with Gasteiger partial charge >= 0.3 is 0 Å². The zero-order chi connectivity index (χ0) is 13.3. The van der Waals surface area contributed by atoms with Crippen molar-refractivity contribution in [3.05, 3.63) is 12.5 Å². The lowest BCUT2D eigenvalue weighted by atomic mass is 10.3. The Labute approximate surface area is 105 Å². The second-order valence-corrected chi connectivity index (χ2v) is 6.55. The molecule has 8 heteroatoms. The average molecular weight is 269 g/mol. The fraction of sp³-hybridized carbons (Fsp3) is 0.500. The van der Waals surface area contributed by atoms with Crippen molar-refractivity contribution in [2.75, 3.05) is 17.3 Å². The highest BCUT2D eigenvalue weighted by Gasteiger charge is 2.13. The van der Waals surface area contributed by atoms with Crippen LogP contribution in [0.2, 0.25) is 0 Å². The molecule has 1 unspecified atom stereocenters. The van der Waals surface area contributed by atoms with E-state index in [0.717, 1.165) is 5.39 Å². The molecule has 7 nitrogen and oxygen atoms in total. The van der Waals surface area contributed by atoms with E-state index in [2.05, 4.69) is 20.4 Å². The summed E-state index contributed by atoms with van der Waals surface area (Å²) in [4.78, 5) is 8.23. The van der Waals surface area contributed by atoms with Crippen LogP contribution in [0.4, 0.5) is 5.82 Å². The van der Waals surface area contributed by atoms with Crippen molar-refractivity contribution < 1.29 is 8.42 Å². The minimum absolute atomic E-state index is 0.0543. The van der Waals surface area contributed by atoms with E-state index >= 15 is 0 Å². The van der Waals surface area contributed by atoms with Crippen molar-refractivity contribution in [3.8, 4) is 0 Å². The molecule has 0 saturated heterocycles. The van der Waals surface area contributed by atoms with Crippen LogP contribution in [-0.2, 0) is 16.9 Å². The minimum atomic E-state index is -3.02. The van der Waals surface area contributed by atoms with E-state index in [9.17, 15) is 8.42 Å². The van der Waals surface area contributed by atoms with Crippen LogP contribution in [0, 0.1) is 0 Å². The first-order chi connectivity index (χ1) is 8.37. The summed E-state index contributed by atoms with van der Waals surface area (Å²) in [6.07, 6.45) is 4.30. The highest BCUT2D eigenvalue weighted by Crippen LogP contribution is 2.18. The molecule has 0 aliphatic rings. The molecule has 0 saturated carbocycles. The van der Waals surface area contributed by atoms with Gasteiger partial charge < -0.3 is 5.32 Å². The van der Waals surface area contributed by atoms with Gasteiger partial charge in [-0.1, -0.05) is 0 Å². The molecule has 0 spiro atoms. The standard InChI is InChI=1S/C10H15N5O2S/c1-7(5-18(3,16)17)14-9-8-4-13-15(2)10(8)12-6-11-9/h4,6-7H,5H2,1-3H3,(H,11,12,14). The summed E-state index contributed by atoms with van der Waals surface area (Å²) in [5, 5.41) is 7.94. The molecule has 1 N–H and O–H groups in total. The van der Waals surface area contributed by atoms with Gasteiger partial charge in [0.25, 0.3) is 0 Å². The SMILES string of the molecule is CC(CS(C)(=O)=O)Nc1ncnc2c1cnn2C. The van der Waals surface area contributed by atoms with Gasteiger partial charge in [0.05, 0.1) is 17.3 Å². The van der Waals surface area contributed by atoms with Gasteiger partial charge in [0.1, 0.15) is 22.0 Å². The van der Waals surface area contributed by atoms with Crippen molar-refractivity contribution in [1.29, 1.82) is 0 Å². The summed E-state index contributed by atoms with van der Waals surface area (Å²) >= 11 is 0. The molecule has 2 aromatic rings. The second-order valence-electron chi connectivity index (χ2n) is 4.37. The maximum atomic E-state index is 11.2. The summed E-state index contributed by atoms with van der Waals surface area (Å²) < 4.78 is 24.1. The number of nitrogens with zero attached hydrogens (tertiary/aromatic N) is 4. The van der Waals surface area contributed by atoms with Crippen LogP contribution < -0.4 is 5.32 Å². The number of rotatable bonds is 4. The van der Waals surface area contributed by atoms with Crippen molar-refractivity contribution in [3.63, 3.8) is 0 Å². The second kappa shape index (κ2) is 4.52. The summed E-state index contributed by atoms with van der Waals surface area (Å²) in [6.45, 7) is 1.80. The fourth-order valence-electron chi connectivity index (χ4n) is 1.81. The van der Waals surface area contributed by atoms with Crippen LogP contribution in [0.5, 0.6) is 0 Å². The Morgan fingerprint density at radius 3 is 2.83 bits per heavy atom. The van der Waals surface area contributed by atoms with Gasteiger partial charge in [-0.25, -0.2) is 18.4 Å². The first kappa shape index (κ1) is 12.7. The molecule has 98 valence electrons. The zero-order valence-corrected chi connectivity index (χ0v) is 11.3. The van der Waals surface area contributed by atoms with Crippen molar-refractivity contribution in [1.82, 2.24) is 19.7 Å². The molecule has 0 radical (unpaired) electrons. The quantitative estimate of drug-likeness (QED) is 0.853. The van der Waals surface area contributed by atoms with Gasteiger partial charge in [-0.3, -0.25) is 4.68 Å². The molecule has 0 amide bonds. The van der Waals surface area contributed by atoms with Crippen LogP contribution in [0.15, 0.2) is 12.5 Å². The van der Waals surface area contributed by atoms with Crippen LogP contribution in [-0.4, -0.2) is 46.2 Å². The van der Waals surface area contributed by atoms with E-state index in [1.54, 1.807) is 24.9 Å². The predicted molar refractivity (Wildman–Crippen MR) is 69.1 cm³/mol. The van der Waals surface area contributed by atoms with Crippen molar-refractivity contribution >= 4 is 26.7 Å². The zero-order valence-electron chi connectivity index (χ0n) is 10.5. The first-order valence-corrected chi connectivity index (χ1v) is 7.50. The van der Waals surface area contributed by atoms with Crippen molar-refractivity contribution in [2.45, 2.75) is 13.0 Å². The number of hydrogen-bond acceptors (Lipinski definition) is 6. The third-order valence-electron chi connectivity index (χ3n) is 2.47. The van der Waals surface area contributed by atoms with Gasteiger partial charge in [0.15, 0.2) is 5.65 Å². The van der Waals surface area contributed by atoms with Crippen LogP contribution >= 0.6 is 0 Å². The van der Waals surface area contributed by atoms with Crippen LogP contribution in [0.1, 0.15) is 6.92 Å². The number of anilines is 1. The van der Waals surface area contributed by atoms with E-state index in [4.69, 9.17) is 0 Å². The molecule has 0 bridgehead atoms. The third kappa shape index (κ3) is 2.76. The fourth-order valence-corrected chi connectivity index (χ4v) is 2.80. The molecular formula is C10H15N5O2S. The summed E-state index contributed by atoms with van der Waals surface area (Å²) in [7, 11) is -1.23. The number of aryl methyl sites for hydroxylation is 1. The Morgan fingerprint density at radius 1 is 1.44 bits per heavy atom. The topological polar surface area (TPSA) is 89.8 Å². The Bertz CT molecular complexity index is 664. The smallest absolute Gasteiger partial charge is 0.163 e. The van der Waals surface area contributed by atoms with Gasteiger partial charge in [0, 0.05) is 19.3 Å². The molecule has 0 aromatic carbocycles. The van der Waals surface area contributed by atoms with E-state index < -0.39 is 9.84 Å². The Kier molecular flexibility index (Phi) is 3.20. The molecule has 1 atom stereocenters. The first-order valence-electron chi connectivity index (χ1n) is 5.44. The van der Waals surface area contributed by atoms with E-state index in [0.29, 0.717) is 11.5 Å². The van der Waals surface area contributed by atoms with Crippen LogP contribution in [0.3, 0.4) is 0 Å². The van der Waals surface area contributed by atoms with Crippen molar-refractivity contribution in [2.24, 2.45) is 7.05 Å². The highest BCUT2D eigenvalue weighted by molar-refractivity contribution is 7.90. The van der Waals surface area contributed by atoms with E-state index in [-0.39, 0.29) is 11.8 Å². The number of aromatic nitrogens is 4. The van der Waals surface area contributed by atoms with E-state index in [1.165, 1.54) is 12.6 Å². The number of fused-ring (bicyclic) bond motifs is 1. The highest BCUT2D eigenvalue weighted by atomic mass is 32.2. The lowest BCUT2D eigenvalue weighted by Gasteiger charge is -2.13. The maximum Gasteiger partial charge on any atom is 0.163 e.